The van der Waals surface area contributed by atoms with Gasteiger partial charge in [-0.25, -0.2) is 4.39 Å². The first-order valence-corrected chi connectivity index (χ1v) is 5.80. The molecule has 1 saturated heterocycles. The minimum Gasteiger partial charge on any atom is -0.395 e. The molecular weight excluding hydrogens is 205 g/mol. The van der Waals surface area contributed by atoms with Crippen molar-refractivity contribution in [3.05, 3.63) is 35.1 Å². The van der Waals surface area contributed by atoms with Crippen LogP contribution >= 0.6 is 0 Å². The highest BCUT2D eigenvalue weighted by atomic mass is 19.1. The van der Waals surface area contributed by atoms with Crippen LogP contribution in [-0.4, -0.2) is 29.2 Å². The van der Waals surface area contributed by atoms with E-state index in [1.54, 1.807) is 6.07 Å². The molecule has 0 saturated carbocycles. The van der Waals surface area contributed by atoms with Crippen LogP contribution in [0.15, 0.2) is 18.2 Å². The van der Waals surface area contributed by atoms with E-state index in [0.29, 0.717) is 6.54 Å². The highest BCUT2D eigenvalue weighted by Gasteiger charge is 2.24. The molecule has 1 heterocycles. The maximum Gasteiger partial charge on any atom is 0.127 e. The highest BCUT2D eigenvalue weighted by Crippen LogP contribution is 2.21. The van der Waals surface area contributed by atoms with E-state index in [1.165, 1.54) is 6.07 Å². The molecule has 1 fully saturated rings. The van der Waals surface area contributed by atoms with Crippen LogP contribution < -0.4 is 0 Å². The Morgan fingerprint density at radius 1 is 1.50 bits per heavy atom. The second-order valence-electron chi connectivity index (χ2n) is 4.54. The number of aliphatic hydroxyl groups is 1. The fourth-order valence-electron chi connectivity index (χ4n) is 2.35. The molecule has 1 aliphatic heterocycles. The fourth-order valence-corrected chi connectivity index (χ4v) is 2.35. The Bertz CT molecular complexity index is 367. The first kappa shape index (κ1) is 11.6. The van der Waals surface area contributed by atoms with Gasteiger partial charge in [-0.1, -0.05) is 17.7 Å². The van der Waals surface area contributed by atoms with E-state index in [-0.39, 0.29) is 18.5 Å². The Morgan fingerprint density at radius 3 is 3.06 bits per heavy atom. The van der Waals surface area contributed by atoms with Gasteiger partial charge >= 0.3 is 0 Å². The van der Waals surface area contributed by atoms with E-state index in [2.05, 4.69) is 4.90 Å². The van der Waals surface area contributed by atoms with Gasteiger partial charge in [0, 0.05) is 18.2 Å². The molecule has 2 nitrogen and oxygen atoms in total. The summed E-state index contributed by atoms with van der Waals surface area (Å²) in [4.78, 5) is 2.16. The molecule has 1 aliphatic rings. The largest absolute Gasteiger partial charge is 0.395 e. The zero-order chi connectivity index (χ0) is 11.5. The molecular formula is C13H18FNO. The summed E-state index contributed by atoms with van der Waals surface area (Å²) in [5.41, 5.74) is 1.82. The third kappa shape index (κ3) is 2.42. The third-order valence-electron chi connectivity index (χ3n) is 3.28. The average molecular weight is 223 g/mol. The number of aryl methyl sites for hydroxylation is 1. The highest BCUT2D eigenvalue weighted by molar-refractivity contribution is 5.24. The normalized spacial score (nSPS) is 21.6. The number of likely N-dealkylation sites (tertiary alicyclic amines) is 1. The van der Waals surface area contributed by atoms with Gasteiger partial charge in [0.15, 0.2) is 0 Å². The van der Waals surface area contributed by atoms with E-state index in [4.69, 9.17) is 0 Å². The summed E-state index contributed by atoms with van der Waals surface area (Å²) in [6, 6.07) is 5.41. The van der Waals surface area contributed by atoms with Gasteiger partial charge in [0.05, 0.1) is 6.61 Å². The molecule has 1 atom stereocenters. The van der Waals surface area contributed by atoms with E-state index in [1.807, 2.05) is 13.0 Å². The predicted molar refractivity (Wildman–Crippen MR) is 61.7 cm³/mol. The topological polar surface area (TPSA) is 23.5 Å². The van der Waals surface area contributed by atoms with E-state index >= 15 is 0 Å². The number of halogens is 1. The summed E-state index contributed by atoms with van der Waals surface area (Å²) in [7, 11) is 0. The second-order valence-corrected chi connectivity index (χ2v) is 4.54. The van der Waals surface area contributed by atoms with Gasteiger partial charge in [-0.3, -0.25) is 4.90 Å². The third-order valence-corrected chi connectivity index (χ3v) is 3.28. The van der Waals surface area contributed by atoms with Gasteiger partial charge in [-0.05, 0) is 32.4 Å². The van der Waals surface area contributed by atoms with Gasteiger partial charge in [-0.15, -0.1) is 0 Å². The van der Waals surface area contributed by atoms with Crippen LogP contribution in [0, 0.1) is 12.7 Å². The number of hydrogen-bond acceptors (Lipinski definition) is 2. The lowest BCUT2D eigenvalue weighted by Crippen LogP contribution is -2.31. The molecule has 0 spiro atoms. The van der Waals surface area contributed by atoms with Crippen LogP contribution in [0.4, 0.5) is 4.39 Å². The van der Waals surface area contributed by atoms with E-state index < -0.39 is 0 Å². The summed E-state index contributed by atoms with van der Waals surface area (Å²) in [6.07, 6.45) is 2.11. The van der Waals surface area contributed by atoms with Crippen LogP contribution in [0.5, 0.6) is 0 Å². The maximum atomic E-state index is 13.6. The molecule has 0 unspecified atom stereocenters. The van der Waals surface area contributed by atoms with Gasteiger partial charge in [-0.2, -0.15) is 0 Å². The minimum absolute atomic E-state index is 0.144. The number of hydrogen-bond donors (Lipinski definition) is 1. The summed E-state index contributed by atoms with van der Waals surface area (Å²) in [5, 5.41) is 9.20. The quantitative estimate of drug-likeness (QED) is 0.848. The Kier molecular flexibility index (Phi) is 3.56. The lowest BCUT2D eigenvalue weighted by Gasteiger charge is -2.23. The first-order valence-electron chi connectivity index (χ1n) is 5.80. The molecule has 1 aromatic carbocycles. The molecule has 0 radical (unpaired) electrons. The van der Waals surface area contributed by atoms with E-state index in [0.717, 1.165) is 30.5 Å². The number of benzene rings is 1. The first-order chi connectivity index (χ1) is 7.70. The summed E-state index contributed by atoms with van der Waals surface area (Å²) in [6.45, 7) is 3.71. The van der Waals surface area contributed by atoms with Crippen LogP contribution in [0.2, 0.25) is 0 Å². The number of nitrogens with zero attached hydrogens (tertiary/aromatic N) is 1. The molecule has 88 valence electrons. The van der Waals surface area contributed by atoms with Crippen molar-refractivity contribution in [3.63, 3.8) is 0 Å². The van der Waals surface area contributed by atoms with Crippen molar-refractivity contribution in [2.24, 2.45) is 0 Å². The van der Waals surface area contributed by atoms with Gasteiger partial charge in [0.25, 0.3) is 0 Å². The molecule has 3 heteroatoms. The molecule has 0 amide bonds. The zero-order valence-corrected chi connectivity index (χ0v) is 9.62. The number of rotatable bonds is 3. The van der Waals surface area contributed by atoms with Gasteiger partial charge < -0.3 is 5.11 Å². The fraction of sp³-hybridized carbons (Fsp3) is 0.538. The Hall–Kier alpha value is -0.930. The van der Waals surface area contributed by atoms with Crippen molar-refractivity contribution in [2.45, 2.75) is 32.4 Å². The summed E-state index contributed by atoms with van der Waals surface area (Å²) in [5.74, 6) is -0.144. The van der Waals surface area contributed by atoms with Crippen molar-refractivity contribution in [3.8, 4) is 0 Å². The maximum absolute atomic E-state index is 13.6. The Balaban J connectivity index is 2.11. The monoisotopic (exact) mass is 223 g/mol. The van der Waals surface area contributed by atoms with Crippen molar-refractivity contribution in [1.29, 1.82) is 0 Å². The van der Waals surface area contributed by atoms with Crippen molar-refractivity contribution in [1.82, 2.24) is 4.90 Å². The summed E-state index contributed by atoms with van der Waals surface area (Å²) < 4.78 is 13.6. The smallest absolute Gasteiger partial charge is 0.127 e. The molecule has 2 rings (SSSR count). The predicted octanol–water partition coefficient (Wildman–Crippen LogP) is 2.09. The Labute approximate surface area is 95.7 Å². The molecule has 1 N–H and O–H groups in total. The van der Waals surface area contributed by atoms with Gasteiger partial charge in [0.2, 0.25) is 0 Å². The Morgan fingerprint density at radius 2 is 2.31 bits per heavy atom. The molecule has 0 aliphatic carbocycles. The zero-order valence-electron chi connectivity index (χ0n) is 9.62. The average Bonchev–Trinajstić information content (AvgIpc) is 2.71. The van der Waals surface area contributed by atoms with Crippen molar-refractivity contribution >= 4 is 0 Å². The summed E-state index contributed by atoms with van der Waals surface area (Å²) >= 11 is 0. The second kappa shape index (κ2) is 4.93. The van der Waals surface area contributed by atoms with Crippen LogP contribution in [0.1, 0.15) is 24.0 Å². The van der Waals surface area contributed by atoms with Crippen LogP contribution in [0.25, 0.3) is 0 Å². The minimum atomic E-state index is -0.144. The van der Waals surface area contributed by atoms with Crippen LogP contribution in [0.3, 0.4) is 0 Å². The SMILES string of the molecule is Cc1ccc(F)c(CN2CCC[C@@H]2CO)c1. The molecule has 0 aromatic heterocycles. The number of aliphatic hydroxyl groups excluding tert-OH is 1. The van der Waals surface area contributed by atoms with E-state index in [9.17, 15) is 9.50 Å². The van der Waals surface area contributed by atoms with Crippen molar-refractivity contribution < 1.29 is 9.50 Å². The molecule has 0 bridgehead atoms. The van der Waals surface area contributed by atoms with Crippen LogP contribution in [-0.2, 0) is 6.54 Å². The lowest BCUT2D eigenvalue weighted by molar-refractivity contribution is 0.152. The van der Waals surface area contributed by atoms with Crippen molar-refractivity contribution in [2.75, 3.05) is 13.2 Å². The molecule has 16 heavy (non-hydrogen) atoms. The lowest BCUT2D eigenvalue weighted by atomic mass is 10.1. The standard InChI is InChI=1S/C13H18FNO/c1-10-4-5-13(14)11(7-10)8-15-6-2-3-12(15)9-16/h4-5,7,12,16H,2-3,6,8-9H2,1H3/t12-/m1/s1. The molecule has 1 aromatic rings. The van der Waals surface area contributed by atoms with Gasteiger partial charge in [0.1, 0.15) is 5.82 Å².